The highest BCUT2D eigenvalue weighted by Crippen LogP contribution is 2.34. The molecule has 0 fully saturated rings. The van der Waals surface area contributed by atoms with E-state index in [2.05, 4.69) is 4.98 Å². The molecule has 0 bridgehead atoms. The van der Waals surface area contributed by atoms with E-state index in [-0.39, 0.29) is 16.6 Å². The molecule has 2 aromatic rings. The first-order valence-electron chi connectivity index (χ1n) is 6.81. The standard InChI is InChI=1S/C15H17N3O2S/c1-11-9-12-5-2-3-7-14(12)18(10-11)21(19,20)15-13(16)6-4-8-17-15/h2-8,11H,9-10,16H2,1H3. The lowest BCUT2D eigenvalue weighted by Gasteiger charge is -2.33. The minimum atomic E-state index is -3.74. The Balaban J connectivity index is 2.14. The fourth-order valence-electron chi connectivity index (χ4n) is 2.70. The first-order chi connectivity index (χ1) is 10.00. The molecule has 0 spiro atoms. The molecule has 1 aliphatic rings. The largest absolute Gasteiger partial charge is 0.396 e. The summed E-state index contributed by atoms with van der Waals surface area (Å²) in [7, 11) is -3.74. The van der Waals surface area contributed by atoms with Gasteiger partial charge >= 0.3 is 0 Å². The van der Waals surface area contributed by atoms with Crippen LogP contribution in [0.25, 0.3) is 0 Å². The van der Waals surface area contributed by atoms with E-state index < -0.39 is 10.0 Å². The van der Waals surface area contributed by atoms with Gasteiger partial charge in [0.25, 0.3) is 10.0 Å². The summed E-state index contributed by atoms with van der Waals surface area (Å²) in [5.74, 6) is 0.250. The summed E-state index contributed by atoms with van der Waals surface area (Å²) >= 11 is 0. The fourth-order valence-corrected chi connectivity index (χ4v) is 4.36. The number of aromatic nitrogens is 1. The Morgan fingerprint density at radius 2 is 2.00 bits per heavy atom. The second kappa shape index (κ2) is 5.04. The average molecular weight is 303 g/mol. The number of fused-ring (bicyclic) bond motifs is 1. The summed E-state index contributed by atoms with van der Waals surface area (Å²) in [4.78, 5) is 3.97. The number of pyridine rings is 1. The molecule has 0 radical (unpaired) electrons. The quantitative estimate of drug-likeness (QED) is 0.921. The lowest BCUT2D eigenvalue weighted by atomic mass is 9.96. The number of hydrogen-bond acceptors (Lipinski definition) is 4. The van der Waals surface area contributed by atoms with E-state index in [1.165, 1.54) is 10.5 Å². The Hall–Kier alpha value is -2.08. The number of nitrogens with zero attached hydrogens (tertiary/aromatic N) is 2. The van der Waals surface area contributed by atoms with E-state index in [0.29, 0.717) is 6.54 Å². The van der Waals surface area contributed by atoms with Gasteiger partial charge in [-0.25, -0.2) is 4.98 Å². The number of para-hydroxylation sites is 1. The number of sulfonamides is 1. The van der Waals surface area contributed by atoms with Gasteiger partial charge in [-0.15, -0.1) is 0 Å². The SMILES string of the molecule is CC1Cc2ccccc2N(S(=O)(=O)c2ncccc2N)C1. The molecular weight excluding hydrogens is 286 g/mol. The van der Waals surface area contributed by atoms with E-state index >= 15 is 0 Å². The minimum Gasteiger partial charge on any atom is -0.396 e. The second-order valence-corrected chi connectivity index (χ2v) is 7.15. The van der Waals surface area contributed by atoms with Gasteiger partial charge in [-0.05, 0) is 36.1 Å². The van der Waals surface area contributed by atoms with Crippen molar-refractivity contribution in [2.45, 2.75) is 18.4 Å². The third kappa shape index (κ3) is 2.35. The van der Waals surface area contributed by atoms with E-state index in [4.69, 9.17) is 5.73 Å². The van der Waals surface area contributed by atoms with Gasteiger partial charge in [-0.3, -0.25) is 4.31 Å². The molecule has 0 aliphatic carbocycles. The first kappa shape index (κ1) is 13.9. The lowest BCUT2D eigenvalue weighted by Crippen LogP contribution is -2.39. The number of nitrogens with two attached hydrogens (primary N) is 1. The van der Waals surface area contributed by atoms with Crippen LogP contribution in [0.2, 0.25) is 0 Å². The molecule has 1 aromatic carbocycles. The van der Waals surface area contributed by atoms with Crippen LogP contribution in [-0.4, -0.2) is 19.9 Å². The molecule has 1 aromatic heterocycles. The van der Waals surface area contributed by atoms with Crippen molar-refractivity contribution in [1.29, 1.82) is 0 Å². The molecule has 1 atom stereocenters. The molecule has 0 saturated heterocycles. The van der Waals surface area contributed by atoms with Gasteiger partial charge in [0.1, 0.15) is 0 Å². The van der Waals surface area contributed by atoms with Crippen molar-refractivity contribution in [2.24, 2.45) is 5.92 Å². The van der Waals surface area contributed by atoms with Crippen LogP contribution in [-0.2, 0) is 16.4 Å². The number of anilines is 2. The summed E-state index contributed by atoms with van der Waals surface area (Å²) < 4.78 is 27.2. The van der Waals surface area contributed by atoms with E-state index in [1.807, 2.05) is 31.2 Å². The molecule has 2 heterocycles. The maximum atomic E-state index is 12.9. The van der Waals surface area contributed by atoms with Crippen LogP contribution >= 0.6 is 0 Å². The predicted octanol–water partition coefficient (Wildman–Crippen LogP) is 2.05. The Labute approximate surface area is 124 Å². The van der Waals surface area contributed by atoms with Gasteiger partial charge < -0.3 is 5.73 Å². The second-order valence-electron chi connectivity index (χ2n) is 5.37. The molecule has 3 rings (SSSR count). The molecule has 6 heteroatoms. The zero-order valence-corrected chi connectivity index (χ0v) is 12.5. The van der Waals surface area contributed by atoms with E-state index in [1.54, 1.807) is 12.1 Å². The summed E-state index contributed by atoms with van der Waals surface area (Å²) in [6, 6.07) is 10.8. The number of rotatable bonds is 2. The van der Waals surface area contributed by atoms with Crippen LogP contribution in [0.5, 0.6) is 0 Å². The summed E-state index contributed by atoms with van der Waals surface area (Å²) in [5, 5.41) is -0.0751. The molecule has 0 saturated carbocycles. The summed E-state index contributed by atoms with van der Waals surface area (Å²) in [6.07, 6.45) is 2.32. The molecule has 110 valence electrons. The topological polar surface area (TPSA) is 76.3 Å². The van der Waals surface area contributed by atoms with Crippen LogP contribution in [0, 0.1) is 5.92 Å². The van der Waals surface area contributed by atoms with E-state index in [9.17, 15) is 8.42 Å². The molecule has 2 N–H and O–H groups in total. The number of benzene rings is 1. The van der Waals surface area contributed by atoms with Gasteiger partial charge in [0.2, 0.25) is 0 Å². The molecule has 1 aliphatic heterocycles. The van der Waals surface area contributed by atoms with Crippen molar-refractivity contribution in [2.75, 3.05) is 16.6 Å². The zero-order chi connectivity index (χ0) is 15.0. The van der Waals surface area contributed by atoms with Crippen LogP contribution in [0.4, 0.5) is 11.4 Å². The summed E-state index contributed by atoms with van der Waals surface area (Å²) in [5.41, 5.74) is 7.73. The predicted molar refractivity (Wildman–Crippen MR) is 82.5 cm³/mol. The zero-order valence-electron chi connectivity index (χ0n) is 11.7. The monoisotopic (exact) mass is 303 g/mol. The van der Waals surface area contributed by atoms with Gasteiger partial charge in [0.15, 0.2) is 5.03 Å². The molecule has 21 heavy (non-hydrogen) atoms. The van der Waals surface area contributed by atoms with E-state index in [0.717, 1.165) is 17.7 Å². The number of hydrogen-bond donors (Lipinski definition) is 1. The maximum absolute atomic E-state index is 12.9. The molecule has 0 amide bonds. The third-order valence-corrected chi connectivity index (χ3v) is 5.40. The molecule has 5 nitrogen and oxygen atoms in total. The highest BCUT2D eigenvalue weighted by Gasteiger charge is 2.33. The third-order valence-electron chi connectivity index (χ3n) is 3.64. The van der Waals surface area contributed by atoms with Crippen molar-refractivity contribution in [1.82, 2.24) is 4.98 Å². The average Bonchev–Trinajstić information content (AvgIpc) is 2.46. The normalized spacial score (nSPS) is 18.3. The smallest absolute Gasteiger partial charge is 0.283 e. The Bertz CT molecular complexity index is 774. The lowest BCUT2D eigenvalue weighted by molar-refractivity contribution is 0.543. The van der Waals surface area contributed by atoms with Gasteiger partial charge in [0, 0.05) is 12.7 Å². The Morgan fingerprint density at radius 1 is 1.24 bits per heavy atom. The van der Waals surface area contributed by atoms with Crippen molar-refractivity contribution in [3.8, 4) is 0 Å². The van der Waals surface area contributed by atoms with Crippen LogP contribution < -0.4 is 10.0 Å². The van der Waals surface area contributed by atoms with Gasteiger partial charge in [-0.2, -0.15) is 8.42 Å². The van der Waals surface area contributed by atoms with Crippen LogP contribution in [0.1, 0.15) is 12.5 Å². The summed E-state index contributed by atoms with van der Waals surface area (Å²) in [6.45, 7) is 2.48. The Kier molecular flexibility index (Phi) is 3.33. The first-order valence-corrected chi connectivity index (χ1v) is 8.25. The molecule has 1 unspecified atom stereocenters. The highest BCUT2D eigenvalue weighted by molar-refractivity contribution is 7.92. The minimum absolute atomic E-state index is 0.0751. The number of nitrogen functional groups attached to an aromatic ring is 1. The van der Waals surface area contributed by atoms with Crippen molar-refractivity contribution in [3.63, 3.8) is 0 Å². The fraction of sp³-hybridized carbons (Fsp3) is 0.267. The Morgan fingerprint density at radius 3 is 2.76 bits per heavy atom. The van der Waals surface area contributed by atoms with Gasteiger partial charge in [-0.1, -0.05) is 25.1 Å². The van der Waals surface area contributed by atoms with Gasteiger partial charge in [0.05, 0.1) is 11.4 Å². The van der Waals surface area contributed by atoms with Crippen LogP contribution in [0.15, 0.2) is 47.6 Å². The van der Waals surface area contributed by atoms with Crippen molar-refractivity contribution < 1.29 is 8.42 Å². The van der Waals surface area contributed by atoms with Crippen molar-refractivity contribution in [3.05, 3.63) is 48.2 Å². The molecular formula is C15H17N3O2S. The van der Waals surface area contributed by atoms with Crippen molar-refractivity contribution >= 4 is 21.4 Å². The van der Waals surface area contributed by atoms with Crippen LogP contribution in [0.3, 0.4) is 0 Å². The maximum Gasteiger partial charge on any atom is 0.283 e. The highest BCUT2D eigenvalue weighted by atomic mass is 32.2.